The molecule has 1 aromatic rings. The number of hydrogen-bond acceptors (Lipinski definition) is 2. The zero-order valence-electron chi connectivity index (χ0n) is 8.31. The van der Waals surface area contributed by atoms with Crippen molar-refractivity contribution < 1.29 is 0 Å². The third-order valence-electron chi connectivity index (χ3n) is 1.73. The minimum absolute atomic E-state index is 0.325. The van der Waals surface area contributed by atoms with Gasteiger partial charge in [0.2, 0.25) is 0 Å². The molecule has 78 valence electrons. The van der Waals surface area contributed by atoms with E-state index in [0.29, 0.717) is 29.1 Å². The minimum Gasteiger partial charge on any atom is -0.192 e. The molecule has 0 fully saturated rings. The van der Waals surface area contributed by atoms with Crippen LogP contribution in [0.15, 0.2) is 23.3 Å². The van der Waals surface area contributed by atoms with Crippen molar-refractivity contribution in [1.82, 2.24) is 0 Å². The van der Waals surface area contributed by atoms with Gasteiger partial charge in [-0.15, -0.1) is 0 Å². The van der Waals surface area contributed by atoms with E-state index in [1.807, 2.05) is 6.07 Å². The SMILES string of the molecule is N#Cc1ccc(Cl)cc1C#CCCN=[N+]=[N-]. The lowest BCUT2D eigenvalue weighted by molar-refractivity contribution is 1.01. The summed E-state index contributed by atoms with van der Waals surface area (Å²) in [5.74, 6) is 5.64. The van der Waals surface area contributed by atoms with Crippen LogP contribution in [0, 0.1) is 23.2 Å². The zero-order valence-corrected chi connectivity index (χ0v) is 9.07. The molecule has 0 aliphatic carbocycles. The number of benzene rings is 1. The van der Waals surface area contributed by atoms with Crippen LogP contribution in [0.4, 0.5) is 0 Å². The molecule has 1 aromatic carbocycles. The Morgan fingerprint density at radius 1 is 1.44 bits per heavy atom. The molecule has 0 heterocycles. The normalized spacial score (nSPS) is 8.25. The first kappa shape index (κ1) is 11.9. The highest BCUT2D eigenvalue weighted by molar-refractivity contribution is 6.30. The highest BCUT2D eigenvalue weighted by Gasteiger charge is 1.98. The first-order valence-corrected chi connectivity index (χ1v) is 4.85. The van der Waals surface area contributed by atoms with Gasteiger partial charge in [0.05, 0.1) is 5.56 Å². The molecule has 0 radical (unpaired) electrons. The summed E-state index contributed by atoms with van der Waals surface area (Å²) in [6, 6.07) is 6.94. The van der Waals surface area contributed by atoms with Gasteiger partial charge in [0.15, 0.2) is 0 Å². The Morgan fingerprint density at radius 2 is 2.25 bits per heavy atom. The molecule has 4 nitrogen and oxygen atoms in total. The van der Waals surface area contributed by atoms with E-state index in [1.165, 1.54) is 0 Å². The van der Waals surface area contributed by atoms with E-state index in [1.54, 1.807) is 18.2 Å². The number of azide groups is 1. The van der Waals surface area contributed by atoms with Crippen LogP contribution in [0.25, 0.3) is 10.4 Å². The highest BCUT2D eigenvalue weighted by atomic mass is 35.5. The molecule has 0 unspecified atom stereocenters. The van der Waals surface area contributed by atoms with E-state index in [9.17, 15) is 0 Å². The molecule has 0 saturated heterocycles. The third-order valence-corrected chi connectivity index (χ3v) is 1.96. The first-order chi connectivity index (χ1) is 7.77. The predicted octanol–water partition coefficient (Wildman–Crippen LogP) is 3.26. The second-order valence-corrected chi connectivity index (χ2v) is 3.24. The van der Waals surface area contributed by atoms with Gasteiger partial charge in [0, 0.05) is 28.5 Å². The monoisotopic (exact) mass is 230 g/mol. The molecular weight excluding hydrogens is 224 g/mol. The van der Waals surface area contributed by atoms with Gasteiger partial charge < -0.3 is 0 Å². The van der Waals surface area contributed by atoms with Crippen LogP contribution in [0.2, 0.25) is 5.02 Å². The summed E-state index contributed by atoms with van der Waals surface area (Å²) in [7, 11) is 0. The Bertz CT molecular complexity index is 527. The maximum absolute atomic E-state index is 8.82. The van der Waals surface area contributed by atoms with Crippen LogP contribution < -0.4 is 0 Å². The summed E-state index contributed by atoms with van der Waals surface area (Å²) in [6.07, 6.45) is 0.460. The summed E-state index contributed by atoms with van der Waals surface area (Å²) in [5.41, 5.74) is 9.13. The maximum atomic E-state index is 8.82. The van der Waals surface area contributed by atoms with Crippen molar-refractivity contribution in [3.05, 3.63) is 44.8 Å². The van der Waals surface area contributed by atoms with Crippen molar-refractivity contribution in [2.75, 3.05) is 6.54 Å². The van der Waals surface area contributed by atoms with Gasteiger partial charge in [-0.3, -0.25) is 0 Å². The van der Waals surface area contributed by atoms with Crippen molar-refractivity contribution in [2.24, 2.45) is 5.11 Å². The van der Waals surface area contributed by atoms with Gasteiger partial charge in [0.25, 0.3) is 0 Å². The van der Waals surface area contributed by atoms with E-state index in [2.05, 4.69) is 21.9 Å². The number of halogens is 1. The van der Waals surface area contributed by atoms with Crippen molar-refractivity contribution in [3.8, 4) is 17.9 Å². The number of rotatable bonds is 2. The van der Waals surface area contributed by atoms with Gasteiger partial charge in [-0.25, -0.2) is 0 Å². The van der Waals surface area contributed by atoms with Crippen LogP contribution >= 0.6 is 11.6 Å². The molecule has 0 aliphatic heterocycles. The number of hydrogen-bond donors (Lipinski definition) is 0. The predicted molar refractivity (Wildman–Crippen MR) is 61.7 cm³/mol. The standard InChI is InChI=1S/C11H7ClN4/c12-11-5-4-10(8-13)9(7-11)3-1-2-6-15-16-14/h4-5,7H,2,6H2. The van der Waals surface area contributed by atoms with E-state index in [0.717, 1.165) is 0 Å². The van der Waals surface area contributed by atoms with Gasteiger partial charge in [-0.1, -0.05) is 28.6 Å². The van der Waals surface area contributed by atoms with E-state index in [4.69, 9.17) is 22.4 Å². The Labute approximate surface area is 98.1 Å². The molecule has 5 heteroatoms. The number of nitriles is 1. The van der Waals surface area contributed by atoms with Crippen LogP contribution in [-0.4, -0.2) is 6.54 Å². The summed E-state index contributed by atoms with van der Waals surface area (Å²) < 4.78 is 0. The van der Waals surface area contributed by atoms with E-state index < -0.39 is 0 Å². The molecule has 0 spiro atoms. The molecule has 0 bridgehead atoms. The highest BCUT2D eigenvalue weighted by Crippen LogP contribution is 2.14. The van der Waals surface area contributed by atoms with Crippen LogP contribution in [0.3, 0.4) is 0 Å². The molecule has 0 aromatic heterocycles. The summed E-state index contributed by atoms with van der Waals surface area (Å²) in [5, 5.41) is 12.7. The lowest BCUT2D eigenvalue weighted by Gasteiger charge is -1.95. The smallest absolute Gasteiger partial charge is 0.100 e. The fraction of sp³-hybridized carbons (Fsp3) is 0.182. The molecule has 0 saturated carbocycles. The second kappa shape index (κ2) is 6.37. The minimum atomic E-state index is 0.325. The summed E-state index contributed by atoms with van der Waals surface area (Å²) in [4.78, 5) is 2.61. The molecule has 1 rings (SSSR count). The summed E-state index contributed by atoms with van der Waals surface area (Å²) in [6.45, 7) is 0.325. The van der Waals surface area contributed by atoms with E-state index in [-0.39, 0.29) is 0 Å². The Hall–Kier alpha value is -2.13. The lowest BCUT2D eigenvalue weighted by Crippen LogP contribution is -1.83. The van der Waals surface area contributed by atoms with Crippen molar-refractivity contribution in [1.29, 1.82) is 5.26 Å². The van der Waals surface area contributed by atoms with Crippen LogP contribution in [0.5, 0.6) is 0 Å². The Balaban J connectivity index is 2.83. The topological polar surface area (TPSA) is 72.5 Å². The summed E-state index contributed by atoms with van der Waals surface area (Å²) >= 11 is 5.79. The lowest BCUT2D eigenvalue weighted by atomic mass is 10.1. The average molecular weight is 231 g/mol. The van der Waals surface area contributed by atoms with Gasteiger partial charge in [-0.05, 0) is 23.7 Å². The van der Waals surface area contributed by atoms with Crippen LogP contribution in [0.1, 0.15) is 17.5 Å². The second-order valence-electron chi connectivity index (χ2n) is 2.81. The van der Waals surface area contributed by atoms with Crippen molar-refractivity contribution >= 4 is 11.6 Å². The van der Waals surface area contributed by atoms with Gasteiger partial charge in [0.1, 0.15) is 6.07 Å². The largest absolute Gasteiger partial charge is 0.192 e. The fourth-order valence-corrected chi connectivity index (χ4v) is 1.20. The number of nitrogens with zero attached hydrogens (tertiary/aromatic N) is 4. The Morgan fingerprint density at radius 3 is 2.94 bits per heavy atom. The first-order valence-electron chi connectivity index (χ1n) is 4.47. The van der Waals surface area contributed by atoms with E-state index >= 15 is 0 Å². The fourth-order valence-electron chi connectivity index (χ4n) is 1.03. The molecule has 16 heavy (non-hydrogen) atoms. The van der Waals surface area contributed by atoms with Crippen molar-refractivity contribution in [2.45, 2.75) is 6.42 Å². The third kappa shape index (κ3) is 3.55. The van der Waals surface area contributed by atoms with Gasteiger partial charge >= 0.3 is 0 Å². The quantitative estimate of drug-likeness (QED) is 0.253. The molecule has 0 amide bonds. The Kier molecular flexibility index (Phi) is 4.76. The van der Waals surface area contributed by atoms with Crippen molar-refractivity contribution in [3.63, 3.8) is 0 Å². The molecule has 0 aliphatic rings. The van der Waals surface area contributed by atoms with Gasteiger partial charge in [-0.2, -0.15) is 5.26 Å². The molecule has 0 atom stereocenters. The molecular formula is C11H7ClN4. The molecule has 0 N–H and O–H groups in total. The zero-order chi connectivity index (χ0) is 11.8. The van der Waals surface area contributed by atoms with Crippen LogP contribution in [-0.2, 0) is 0 Å². The maximum Gasteiger partial charge on any atom is 0.100 e. The average Bonchev–Trinajstić information content (AvgIpc) is 2.29.